The van der Waals surface area contributed by atoms with Crippen LogP contribution in [0, 0.1) is 21.4 Å². The van der Waals surface area contributed by atoms with Crippen LogP contribution in [0.3, 0.4) is 0 Å². The number of hydrogen-bond donors (Lipinski definition) is 0. The summed E-state index contributed by atoms with van der Waals surface area (Å²) in [6.45, 7) is 0.114. The minimum Gasteiger partial charge on any atom is -0.478 e. The van der Waals surface area contributed by atoms with E-state index in [-0.39, 0.29) is 28.8 Å². The van der Waals surface area contributed by atoms with Crippen LogP contribution >= 0.6 is 11.6 Å². The molecule has 0 bridgehead atoms. The first-order valence-corrected chi connectivity index (χ1v) is 8.44. The number of halogens is 1. The minimum atomic E-state index is -0.612. The van der Waals surface area contributed by atoms with Crippen LogP contribution in [0.5, 0.6) is 5.75 Å². The van der Waals surface area contributed by atoms with Gasteiger partial charge in [-0.05, 0) is 18.2 Å². The molecule has 0 aliphatic heterocycles. The van der Waals surface area contributed by atoms with Gasteiger partial charge in [0.2, 0.25) is 5.78 Å². The van der Waals surface area contributed by atoms with Crippen molar-refractivity contribution >= 4 is 34.0 Å². The van der Waals surface area contributed by atoms with Gasteiger partial charge in [-0.25, -0.2) is 0 Å². The maximum atomic E-state index is 12.7. The molecular weight excluding hydrogens is 370 g/mol. The lowest BCUT2D eigenvalue weighted by atomic mass is 10.1. The number of Topliss-reactive ketones (excluding diaryl/α,β-unsaturated/α-hetero) is 1. The van der Waals surface area contributed by atoms with Crippen LogP contribution in [0.15, 0.2) is 48.7 Å². The zero-order valence-corrected chi connectivity index (χ0v) is 14.8. The number of benzene rings is 2. The van der Waals surface area contributed by atoms with Crippen molar-refractivity contribution in [1.82, 2.24) is 4.57 Å². The Kier molecular flexibility index (Phi) is 5.38. The topological polar surface area (TPSA) is 98.2 Å². The van der Waals surface area contributed by atoms with E-state index in [2.05, 4.69) is 6.07 Å². The third kappa shape index (κ3) is 3.91. The number of fused-ring (bicyclic) bond motifs is 1. The normalized spacial score (nSPS) is 10.5. The van der Waals surface area contributed by atoms with Crippen LogP contribution in [0.4, 0.5) is 5.69 Å². The summed E-state index contributed by atoms with van der Waals surface area (Å²) in [5.74, 6) is -0.336. The van der Waals surface area contributed by atoms with Crippen molar-refractivity contribution in [3.8, 4) is 11.8 Å². The Morgan fingerprint density at radius 3 is 2.81 bits per heavy atom. The minimum absolute atomic E-state index is 0.0223. The molecule has 136 valence electrons. The third-order valence-corrected chi connectivity index (χ3v) is 4.27. The van der Waals surface area contributed by atoms with E-state index in [0.717, 1.165) is 10.9 Å². The number of ketones is 1. The van der Waals surface area contributed by atoms with E-state index in [1.54, 1.807) is 6.20 Å². The number of aryl methyl sites for hydroxylation is 1. The number of ether oxygens (including phenoxy) is 1. The first-order valence-electron chi connectivity index (χ1n) is 8.06. The molecule has 0 unspecified atom stereocenters. The molecule has 0 atom stereocenters. The Morgan fingerprint density at radius 1 is 1.30 bits per heavy atom. The van der Waals surface area contributed by atoms with E-state index in [1.807, 2.05) is 28.8 Å². The van der Waals surface area contributed by atoms with Gasteiger partial charge in [-0.3, -0.25) is 14.9 Å². The average Bonchev–Trinajstić information content (AvgIpc) is 3.04. The summed E-state index contributed by atoms with van der Waals surface area (Å²) in [7, 11) is 0. The highest BCUT2D eigenvalue weighted by atomic mass is 35.5. The molecule has 0 amide bonds. The number of nitro benzene ring substituents is 1. The monoisotopic (exact) mass is 383 g/mol. The van der Waals surface area contributed by atoms with E-state index < -0.39 is 4.92 Å². The maximum absolute atomic E-state index is 12.7. The van der Waals surface area contributed by atoms with Crippen molar-refractivity contribution < 1.29 is 14.5 Å². The van der Waals surface area contributed by atoms with Crippen molar-refractivity contribution in [1.29, 1.82) is 5.26 Å². The lowest BCUT2D eigenvalue weighted by Gasteiger charge is -2.06. The summed E-state index contributed by atoms with van der Waals surface area (Å²) in [6, 6.07) is 13.4. The molecule has 0 fully saturated rings. The van der Waals surface area contributed by atoms with Crippen molar-refractivity contribution in [3.63, 3.8) is 0 Å². The fourth-order valence-electron chi connectivity index (χ4n) is 2.80. The number of rotatable bonds is 7. The van der Waals surface area contributed by atoms with Gasteiger partial charge in [0.25, 0.3) is 0 Å². The van der Waals surface area contributed by atoms with Gasteiger partial charge in [-0.2, -0.15) is 5.26 Å². The Bertz CT molecular complexity index is 1070. The Hall–Kier alpha value is -3.37. The largest absolute Gasteiger partial charge is 0.478 e. The molecule has 0 spiro atoms. The lowest BCUT2D eigenvalue weighted by Crippen LogP contribution is -2.12. The lowest BCUT2D eigenvalue weighted by molar-refractivity contribution is -0.385. The number of carbonyl (C=O) groups excluding carboxylic acids is 1. The number of para-hydroxylation sites is 1. The van der Waals surface area contributed by atoms with Crippen LogP contribution in [0.1, 0.15) is 16.8 Å². The van der Waals surface area contributed by atoms with Gasteiger partial charge in [0.05, 0.1) is 17.4 Å². The van der Waals surface area contributed by atoms with Gasteiger partial charge in [0.1, 0.15) is 0 Å². The van der Waals surface area contributed by atoms with Crippen molar-refractivity contribution in [2.75, 3.05) is 6.61 Å². The smallest absolute Gasteiger partial charge is 0.312 e. The van der Waals surface area contributed by atoms with E-state index >= 15 is 0 Å². The number of nitriles is 1. The molecule has 0 radical (unpaired) electrons. The van der Waals surface area contributed by atoms with E-state index in [4.69, 9.17) is 21.6 Å². The molecular formula is C19H14ClN3O4. The summed E-state index contributed by atoms with van der Waals surface area (Å²) in [5, 5.41) is 20.9. The van der Waals surface area contributed by atoms with E-state index in [1.165, 1.54) is 18.2 Å². The summed E-state index contributed by atoms with van der Waals surface area (Å²) in [6.07, 6.45) is 2.00. The number of nitrogens with zero attached hydrogens (tertiary/aromatic N) is 3. The summed E-state index contributed by atoms with van der Waals surface area (Å²) < 4.78 is 7.24. The van der Waals surface area contributed by atoms with Crippen molar-refractivity contribution in [2.24, 2.45) is 0 Å². The maximum Gasteiger partial charge on any atom is 0.312 e. The SMILES string of the molecule is N#CCCn1cc(C(=O)COc2ccc(Cl)cc2[N+](=O)[O-])c2ccccc21. The van der Waals surface area contributed by atoms with Gasteiger partial charge < -0.3 is 9.30 Å². The molecule has 0 aliphatic rings. The second-order valence-electron chi connectivity index (χ2n) is 5.74. The molecule has 0 saturated heterocycles. The first-order chi connectivity index (χ1) is 13.0. The van der Waals surface area contributed by atoms with Crippen molar-refractivity contribution in [3.05, 3.63) is 69.4 Å². The highest BCUT2D eigenvalue weighted by Crippen LogP contribution is 2.30. The molecule has 3 rings (SSSR count). The highest BCUT2D eigenvalue weighted by Gasteiger charge is 2.19. The van der Waals surface area contributed by atoms with Crippen molar-refractivity contribution in [2.45, 2.75) is 13.0 Å². The summed E-state index contributed by atoms with van der Waals surface area (Å²) in [4.78, 5) is 23.2. The van der Waals surface area contributed by atoms with Gasteiger partial charge in [0, 0.05) is 40.3 Å². The Balaban J connectivity index is 1.85. The van der Waals surface area contributed by atoms with Gasteiger partial charge in [-0.15, -0.1) is 0 Å². The zero-order valence-electron chi connectivity index (χ0n) is 14.1. The first kappa shape index (κ1) is 18.4. The molecule has 0 N–H and O–H groups in total. The van der Waals surface area contributed by atoms with Crippen LogP contribution in [0.25, 0.3) is 10.9 Å². The molecule has 27 heavy (non-hydrogen) atoms. The number of carbonyl (C=O) groups is 1. The number of nitro groups is 1. The van der Waals surface area contributed by atoms with E-state index in [9.17, 15) is 14.9 Å². The number of hydrogen-bond acceptors (Lipinski definition) is 5. The number of aromatic nitrogens is 1. The second kappa shape index (κ2) is 7.89. The average molecular weight is 384 g/mol. The van der Waals surface area contributed by atoms with Gasteiger partial charge in [0.15, 0.2) is 12.4 Å². The fraction of sp³-hybridized carbons (Fsp3) is 0.158. The van der Waals surface area contributed by atoms with Gasteiger partial charge in [-0.1, -0.05) is 29.8 Å². The molecule has 0 saturated carbocycles. The van der Waals surface area contributed by atoms with E-state index in [0.29, 0.717) is 18.5 Å². The fourth-order valence-corrected chi connectivity index (χ4v) is 2.97. The zero-order chi connectivity index (χ0) is 19.4. The third-order valence-electron chi connectivity index (χ3n) is 4.03. The highest BCUT2D eigenvalue weighted by molar-refractivity contribution is 6.30. The molecule has 1 aromatic heterocycles. The molecule has 2 aromatic carbocycles. The second-order valence-corrected chi connectivity index (χ2v) is 6.18. The molecule has 3 aromatic rings. The van der Waals surface area contributed by atoms with Crippen LogP contribution in [-0.2, 0) is 6.54 Å². The molecule has 7 nitrogen and oxygen atoms in total. The van der Waals surface area contributed by atoms with Gasteiger partial charge >= 0.3 is 5.69 Å². The van der Waals surface area contributed by atoms with Crippen LogP contribution in [-0.4, -0.2) is 21.9 Å². The van der Waals surface area contributed by atoms with Crippen LogP contribution < -0.4 is 4.74 Å². The standard InChI is InChI=1S/C19H14ClN3O4/c20-13-6-7-19(17(10-13)23(25)26)27-12-18(24)15-11-22(9-3-8-21)16-5-2-1-4-14(15)16/h1-2,4-7,10-11H,3,9,12H2. The predicted octanol–water partition coefficient (Wildman–Crippen LogP) is 4.38. The molecule has 8 heteroatoms. The summed E-state index contributed by atoms with van der Waals surface area (Å²) >= 11 is 5.78. The Labute approximate surface area is 159 Å². The summed E-state index contributed by atoms with van der Waals surface area (Å²) in [5.41, 5.74) is 0.987. The predicted molar refractivity (Wildman–Crippen MR) is 100 cm³/mol. The van der Waals surface area contributed by atoms with Crippen LogP contribution in [0.2, 0.25) is 5.02 Å². The Morgan fingerprint density at radius 2 is 2.07 bits per heavy atom. The molecule has 0 aliphatic carbocycles. The quantitative estimate of drug-likeness (QED) is 0.342. The molecule has 1 heterocycles.